The molecule has 1 fully saturated rings. The Hall–Kier alpha value is -2.15. The second-order valence-corrected chi connectivity index (χ2v) is 7.94. The monoisotopic (exact) mass is 388 g/mol. The van der Waals surface area contributed by atoms with E-state index in [1.165, 1.54) is 19.3 Å². The Labute approximate surface area is 169 Å². The van der Waals surface area contributed by atoms with E-state index < -0.39 is 0 Å². The summed E-state index contributed by atoms with van der Waals surface area (Å²) in [6.07, 6.45) is 4.24. The second-order valence-electron chi connectivity index (χ2n) is 7.94. The van der Waals surface area contributed by atoms with Gasteiger partial charge in [0.2, 0.25) is 5.91 Å². The van der Waals surface area contributed by atoms with Crippen LogP contribution in [0.3, 0.4) is 0 Å². The Balaban J connectivity index is 1.81. The molecule has 7 nitrogen and oxygen atoms in total. The molecule has 0 bridgehead atoms. The molecule has 7 heteroatoms. The van der Waals surface area contributed by atoms with E-state index in [2.05, 4.69) is 39.7 Å². The first-order valence-electron chi connectivity index (χ1n) is 10.4. The largest absolute Gasteiger partial charge is 0.357 e. The Morgan fingerprint density at radius 2 is 1.96 bits per heavy atom. The standard InChI is InChI=1S/C21H36N6O/c1-5-22-20(24-16-21(3,4)27-14-7-6-8-15-27)23-13-12-19(28)26-18-11-9-10-17(2)25-18/h9-11H,5-8,12-16H2,1-4H3,(H2,22,23,24)(H,25,26,28). The van der Waals surface area contributed by atoms with E-state index >= 15 is 0 Å². The highest BCUT2D eigenvalue weighted by Crippen LogP contribution is 2.20. The maximum absolute atomic E-state index is 12.1. The minimum atomic E-state index is -0.0601. The van der Waals surface area contributed by atoms with Crippen molar-refractivity contribution in [3.8, 4) is 0 Å². The number of anilines is 1. The summed E-state index contributed by atoms with van der Waals surface area (Å²) < 4.78 is 0. The smallest absolute Gasteiger partial charge is 0.227 e. The highest BCUT2D eigenvalue weighted by atomic mass is 16.1. The topological polar surface area (TPSA) is 81.7 Å². The van der Waals surface area contributed by atoms with Gasteiger partial charge in [0.15, 0.2) is 5.96 Å². The fourth-order valence-corrected chi connectivity index (χ4v) is 3.33. The van der Waals surface area contributed by atoms with Crippen molar-refractivity contribution in [2.75, 3.05) is 38.0 Å². The summed E-state index contributed by atoms with van der Waals surface area (Å²) in [5.41, 5.74) is 0.922. The molecule has 1 saturated heterocycles. The summed E-state index contributed by atoms with van der Waals surface area (Å²) in [5.74, 6) is 1.29. The van der Waals surface area contributed by atoms with Crippen LogP contribution in [0.25, 0.3) is 0 Å². The predicted molar refractivity (Wildman–Crippen MR) is 116 cm³/mol. The van der Waals surface area contributed by atoms with Crippen molar-refractivity contribution in [2.24, 2.45) is 4.99 Å². The van der Waals surface area contributed by atoms with Crippen molar-refractivity contribution in [3.05, 3.63) is 23.9 Å². The lowest BCUT2D eigenvalue weighted by molar-refractivity contribution is -0.116. The lowest BCUT2D eigenvalue weighted by Gasteiger charge is -2.40. The summed E-state index contributed by atoms with van der Waals surface area (Å²) in [4.78, 5) is 23.7. The van der Waals surface area contributed by atoms with Crippen LogP contribution in [0.2, 0.25) is 0 Å². The molecule has 28 heavy (non-hydrogen) atoms. The van der Waals surface area contributed by atoms with Gasteiger partial charge in [0, 0.05) is 30.7 Å². The van der Waals surface area contributed by atoms with Gasteiger partial charge in [-0.3, -0.25) is 14.7 Å². The third-order valence-corrected chi connectivity index (χ3v) is 4.98. The van der Waals surface area contributed by atoms with Crippen LogP contribution in [0.5, 0.6) is 0 Å². The molecule has 0 radical (unpaired) electrons. The first kappa shape index (κ1) is 22.1. The van der Waals surface area contributed by atoms with E-state index in [0.717, 1.165) is 37.8 Å². The molecule has 0 aliphatic carbocycles. The van der Waals surface area contributed by atoms with Crippen LogP contribution in [0.4, 0.5) is 5.82 Å². The summed E-state index contributed by atoms with van der Waals surface area (Å²) in [5, 5.41) is 9.36. The molecule has 1 aromatic rings. The predicted octanol–water partition coefficient (Wildman–Crippen LogP) is 2.54. The van der Waals surface area contributed by atoms with E-state index in [1.807, 2.05) is 26.0 Å². The molecular weight excluding hydrogens is 352 g/mol. The summed E-state index contributed by atoms with van der Waals surface area (Å²) in [6, 6.07) is 5.59. The van der Waals surface area contributed by atoms with Crippen molar-refractivity contribution >= 4 is 17.7 Å². The van der Waals surface area contributed by atoms with Crippen LogP contribution >= 0.6 is 0 Å². The minimum Gasteiger partial charge on any atom is -0.357 e. The van der Waals surface area contributed by atoms with Crippen LogP contribution < -0.4 is 16.0 Å². The van der Waals surface area contributed by atoms with Crippen LogP contribution in [0, 0.1) is 6.92 Å². The number of nitrogens with one attached hydrogen (secondary N) is 3. The van der Waals surface area contributed by atoms with Gasteiger partial charge < -0.3 is 16.0 Å². The number of guanidine groups is 1. The van der Waals surface area contributed by atoms with Crippen LogP contribution in [0.15, 0.2) is 23.2 Å². The summed E-state index contributed by atoms with van der Waals surface area (Å²) in [7, 11) is 0. The van der Waals surface area contributed by atoms with Gasteiger partial charge in [0.25, 0.3) is 0 Å². The fourth-order valence-electron chi connectivity index (χ4n) is 3.33. The number of nitrogens with zero attached hydrogens (tertiary/aromatic N) is 3. The number of hydrogen-bond acceptors (Lipinski definition) is 4. The number of amides is 1. The first-order valence-corrected chi connectivity index (χ1v) is 10.4. The SMILES string of the molecule is CCNC(=NCC(C)(C)N1CCCCC1)NCCC(=O)Nc1cccc(C)n1. The molecule has 1 aromatic heterocycles. The maximum Gasteiger partial charge on any atom is 0.227 e. The van der Waals surface area contributed by atoms with Gasteiger partial charge in [-0.15, -0.1) is 0 Å². The maximum atomic E-state index is 12.1. The molecule has 0 atom stereocenters. The van der Waals surface area contributed by atoms with Crippen molar-refractivity contribution < 1.29 is 4.79 Å². The highest BCUT2D eigenvalue weighted by molar-refractivity contribution is 5.90. The minimum absolute atomic E-state index is 0.0387. The number of piperidine rings is 1. The van der Waals surface area contributed by atoms with Gasteiger partial charge in [-0.1, -0.05) is 12.5 Å². The van der Waals surface area contributed by atoms with E-state index in [0.29, 0.717) is 18.8 Å². The molecule has 0 aromatic carbocycles. The molecule has 0 saturated carbocycles. The van der Waals surface area contributed by atoms with Crippen LogP contribution in [-0.2, 0) is 4.79 Å². The Morgan fingerprint density at radius 1 is 1.21 bits per heavy atom. The molecule has 2 heterocycles. The number of aryl methyl sites for hydroxylation is 1. The molecule has 0 spiro atoms. The zero-order chi connectivity index (χ0) is 20.4. The van der Waals surface area contributed by atoms with E-state index in [-0.39, 0.29) is 11.4 Å². The number of hydrogen-bond donors (Lipinski definition) is 3. The number of aliphatic imine (C=N–C) groups is 1. The van der Waals surface area contributed by atoms with Crippen molar-refractivity contribution in [3.63, 3.8) is 0 Å². The molecule has 3 N–H and O–H groups in total. The Morgan fingerprint density at radius 3 is 2.64 bits per heavy atom. The van der Waals surface area contributed by atoms with Gasteiger partial charge in [-0.05, 0) is 65.8 Å². The van der Waals surface area contributed by atoms with Crippen LogP contribution in [-0.4, -0.2) is 60.0 Å². The quantitative estimate of drug-likeness (QED) is 0.471. The molecular formula is C21H36N6O. The van der Waals surface area contributed by atoms with Crippen molar-refractivity contribution in [1.82, 2.24) is 20.5 Å². The first-order chi connectivity index (χ1) is 13.4. The van der Waals surface area contributed by atoms with Crippen LogP contribution in [0.1, 0.15) is 52.1 Å². The lowest BCUT2D eigenvalue weighted by atomic mass is 9.99. The normalized spacial score (nSPS) is 15.9. The number of carbonyl (C=O) groups excluding carboxylic acids is 1. The van der Waals surface area contributed by atoms with E-state index in [1.54, 1.807) is 6.07 Å². The number of likely N-dealkylation sites (tertiary alicyclic amines) is 1. The zero-order valence-electron chi connectivity index (χ0n) is 17.8. The number of rotatable bonds is 8. The number of pyridine rings is 1. The molecule has 156 valence electrons. The van der Waals surface area contributed by atoms with Gasteiger partial charge in [-0.25, -0.2) is 4.98 Å². The van der Waals surface area contributed by atoms with Crippen molar-refractivity contribution in [1.29, 1.82) is 0 Å². The van der Waals surface area contributed by atoms with E-state index in [4.69, 9.17) is 4.99 Å². The molecule has 1 amide bonds. The number of carbonyl (C=O) groups is 1. The average Bonchev–Trinajstić information content (AvgIpc) is 2.67. The fraction of sp³-hybridized carbons (Fsp3) is 0.667. The van der Waals surface area contributed by atoms with Gasteiger partial charge in [0.05, 0.1) is 6.54 Å². The zero-order valence-corrected chi connectivity index (χ0v) is 17.8. The molecule has 1 aliphatic rings. The highest BCUT2D eigenvalue weighted by Gasteiger charge is 2.27. The van der Waals surface area contributed by atoms with Gasteiger partial charge >= 0.3 is 0 Å². The Bertz CT molecular complexity index is 652. The Kier molecular flexibility index (Phi) is 8.70. The van der Waals surface area contributed by atoms with Gasteiger partial charge in [0.1, 0.15) is 5.82 Å². The molecule has 0 unspecified atom stereocenters. The third-order valence-electron chi connectivity index (χ3n) is 4.98. The average molecular weight is 389 g/mol. The second kappa shape index (κ2) is 11.0. The lowest BCUT2D eigenvalue weighted by Crippen LogP contribution is -2.49. The summed E-state index contributed by atoms with van der Waals surface area (Å²) >= 11 is 0. The van der Waals surface area contributed by atoms with Crippen molar-refractivity contribution in [2.45, 2.75) is 58.9 Å². The number of aromatic nitrogens is 1. The molecule has 2 rings (SSSR count). The van der Waals surface area contributed by atoms with E-state index in [9.17, 15) is 4.79 Å². The van der Waals surface area contributed by atoms with Gasteiger partial charge in [-0.2, -0.15) is 0 Å². The third kappa shape index (κ3) is 7.46. The molecule has 1 aliphatic heterocycles. The summed E-state index contributed by atoms with van der Waals surface area (Å²) in [6.45, 7) is 12.8.